The molecule has 1 aliphatic carbocycles. The Morgan fingerprint density at radius 1 is 0.511 bits per heavy atom. The third kappa shape index (κ3) is 4.41. The normalized spacial score (nSPS) is 12.8. The minimum atomic E-state index is -0.258. The predicted octanol–water partition coefficient (Wildman–Crippen LogP) is 9.87. The van der Waals surface area contributed by atoms with Crippen LogP contribution in [-0.4, -0.2) is 15.0 Å². The highest BCUT2D eigenvalue weighted by Gasteiger charge is 2.36. The van der Waals surface area contributed by atoms with Crippen molar-refractivity contribution in [3.8, 4) is 62.5 Å². The molecule has 0 saturated heterocycles. The Bertz CT molecular complexity index is 2240. The maximum absolute atomic E-state index is 9.61. The molecule has 1 aromatic heterocycles. The fraction of sp³-hybridized carbons (Fsp3) is 0.0732. The first-order chi connectivity index (χ1) is 22.0. The summed E-state index contributed by atoms with van der Waals surface area (Å²) in [7, 11) is 0. The van der Waals surface area contributed by atoms with Crippen molar-refractivity contribution in [2.24, 2.45) is 0 Å². The van der Waals surface area contributed by atoms with E-state index in [1.54, 1.807) is 0 Å². The molecule has 45 heavy (non-hydrogen) atoms. The van der Waals surface area contributed by atoms with Gasteiger partial charge in [-0.25, -0.2) is 15.0 Å². The molecule has 0 spiro atoms. The van der Waals surface area contributed by atoms with Crippen molar-refractivity contribution in [3.05, 3.63) is 150 Å². The highest BCUT2D eigenvalue weighted by atomic mass is 15.0. The molecule has 0 unspecified atom stereocenters. The molecule has 0 aliphatic heterocycles. The van der Waals surface area contributed by atoms with Gasteiger partial charge in [0.1, 0.15) is 0 Å². The monoisotopic (exact) mass is 576 g/mol. The lowest BCUT2D eigenvalue weighted by atomic mass is 9.80. The molecular weight excluding hydrogens is 548 g/mol. The van der Waals surface area contributed by atoms with E-state index in [0.717, 1.165) is 38.6 Å². The van der Waals surface area contributed by atoms with Crippen molar-refractivity contribution in [2.45, 2.75) is 19.3 Å². The molecule has 4 nitrogen and oxygen atoms in total. The Balaban J connectivity index is 1.38. The van der Waals surface area contributed by atoms with E-state index in [-0.39, 0.29) is 5.41 Å². The zero-order chi connectivity index (χ0) is 30.5. The Labute approximate surface area is 262 Å². The molecular formula is C41H28N4. The van der Waals surface area contributed by atoms with E-state index in [2.05, 4.69) is 80.6 Å². The lowest BCUT2D eigenvalue weighted by molar-refractivity contribution is 0.660. The summed E-state index contributed by atoms with van der Waals surface area (Å²) < 4.78 is 0. The summed E-state index contributed by atoms with van der Waals surface area (Å²) in [6.45, 7) is 4.49. The van der Waals surface area contributed by atoms with Gasteiger partial charge in [-0.05, 0) is 62.9 Å². The van der Waals surface area contributed by atoms with Crippen molar-refractivity contribution in [2.75, 3.05) is 0 Å². The number of fused-ring (bicyclic) bond motifs is 4. The van der Waals surface area contributed by atoms with E-state index in [1.165, 1.54) is 22.3 Å². The fourth-order valence-corrected chi connectivity index (χ4v) is 6.66. The van der Waals surface area contributed by atoms with Crippen LogP contribution in [-0.2, 0) is 5.41 Å². The van der Waals surface area contributed by atoms with Crippen LogP contribution in [0.25, 0.3) is 67.2 Å². The highest BCUT2D eigenvalue weighted by molar-refractivity contribution is 6.04. The van der Waals surface area contributed by atoms with Gasteiger partial charge in [-0.15, -0.1) is 0 Å². The van der Waals surface area contributed by atoms with Gasteiger partial charge in [-0.3, -0.25) is 0 Å². The van der Waals surface area contributed by atoms with Gasteiger partial charge >= 0.3 is 0 Å². The SMILES string of the molecule is CC1(C)c2cc(C#N)ccc2-c2ccc(-c3c(-c4nc(-c5ccccc5)nc(-c5ccccc5)n4)ccc4ccccc34)cc21. The van der Waals surface area contributed by atoms with Gasteiger partial charge in [0.15, 0.2) is 17.5 Å². The van der Waals surface area contributed by atoms with Crippen molar-refractivity contribution in [3.63, 3.8) is 0 Å². The molecule has 7 aromatic rings. The van der Waals surface area contributed by atoms with Crippen LogP contribution in [0.1, 0.15) is 30.5 Å². The van der Waals surface area contributed by atoms with Crippen LogP contribution in [0.3, 0.4) is 0 Å². The standard InChI is InChI=1S/C41H28N4/c1-41(2)35-23-26(25-42)17-20-32(35)33-21-19-30(24-36(33)41)37-31-16-10-9-11-27(31)18-22-34(37)40-44-38(28-12-5-3-6-13-28)43-39(45-40)29-14-7-4-8-15-29/h3-24H,1-2H3. The van der Waals surface area contributed by atoms with E-state index in [9.17, 15) is 5.26 Å². The number of hydrogen-bond acceptors (Lipinski definition) is 4. The Hall–Kier alpha value is -5.92. The van der Waals surface area contributed by atoms with Gasteiger partial charge in [0, 0.05) is 27.7 Å². The van der Waals surface area contributed by atoms with Gasteiger partial charge in [0.2, 0.25) is 0 Å². The second-order valence-corrected chi connectivity index (χ2v) is 12.0. The minimum Gasteiger partial charge on any atom is -0.208 e. The maximum Gasteiger partial charge on any atom is 0.164 e. The molecule has 1 aliphatic rings. The van der Waals surface area contributed by atoms with E-state index in [4.69, 9.17) is 15.0 Å². The van der Waals surface area contributed by atoms with Gasteiger partial charge in [0.25, 0.3) is 0 Å². The molecule has 0 saturated carbocycles. The van der Waals surface area contributed by atoms with Crippen LogP contribution >= 0.6 is 0 Å². The smallest absolute Gasteiger partial charge is 0.164 e. The minimum absolute atomic E-state index is 0.258. The third-order valence-electron chi connectivity index (χ3n) is 8.96. The van der Waals surface area contributed by atoms with Gasteiger partial charge < -0.3 is 0 Å². The average Bonchev–Trinajstić information content (AvgIpc) is 3.33. The van der Waals surface area contributed by atoms with Crippen LogP contribution in [0.15, 0.2) is 133 Å². The van der Waals surface area contributed by atoms with E-state index < -0.39 is 0 Å². The molecule has 0 N–H and O–H groups in total. The molecule has 1 heterocycles. The molecule has 4 heteroatoms. The molecule has 0 bridgehead atoms. The number of hydrogen-bond donors (Lipinski definition) is 0. The number of nitrogens with zero attached hydrogens (tertiary/aromatic N) is 4. The van der Waals surface area contributed by atoms with Crippen LogP contribution < -0.4 is 0 Å². The summed E-state index contributed by atoms with van der Waals surface area (Å²) in [6, 6.07) is 48.1. The van der Waals surface area contributed by atoms with Crippen LogP contribution in [0.4, 0.5) is 0 Å². The molecule has 0 amide bonds. The van der Waals surface area contributed by atoms with E-state index in [1.807, 2.05) is 72.8 Å². The van der Waals surface area contributed by atoms with Gasteiger partial charge in [-0.1, -0.05) is 123 Å². The summed E-state index contributed by atoms with van der Waals surface area (Å²) in [4.78, 5) is 15.1. The number of nitriles is 1. The first kappa shape index (κ1) is 26.7. The number of aromatic nitrogens is 3. The quantitative estimate of drug-likeness (QED) is 0.209. The number of rotatable bonds is 4. The zero-order valence-corrected chi connectivity index (χ0v) is 25.0. The van der Waals surface area contributed by atoms with Crippen molar-refractivity contribution in [1.82, 2.24) is 15.0 Å². The highest BCUT2D eigenvalue weighted by Crippen LogP contribution is 2.51. The second-order valence-electron chi connectivity index (χ2n) is 12.0. The van der Waals surface area contributed by atoms with Crippen LogP contribution in [0.5, 0.6) is 0 Å². The molecule has 212 valence electrons. The van der Waals surface area contributed by atoms with E-state index >= 15 is 0 Å². The summed E-state index contributed by atoms with van der Waals surface area (Å²) in [6.07, 6.45) is 0. The topological polar surface area (TPSA) is 62.5 Å². The maximum atomic E-state index is 9.61. The van der Waals surface area contributed by atoms with Crippen LogP contribution in [0.2, 0.25) is 0 Å². The van der Waals surface area contributed by atoms with Gasteiger partial charge in [0.05, 0.1) is 11.6 Å². The van der Waals surface area contributed by atoms with Crippen molar-refractivity contribution >= 4 is 10.8 Å². The van der Waals surface area contributed by atoms with Crippen molar-refractivity contribution < 1.29 is 0 Å². The molecule has 0 atom stereocenters. The Kier molecular flexibility index (Phi) is 6.15. The Morgan fingerprint density at radius 3 is 1.73 bits per heavy atom. The number of benzene rings is 6. The van der Waals surface area contributed by atoms with Gasteiger partial charge in [-0.2, -0.15) is 5.26 Å². The predicted molar refractivity (Wildman–Crippen MR) is 181 cm³/mol. The fourth-order valence-electron chi connectivity index (χ4n) is 6.66. The average molecular weight is 577 g/mol. The summed E-state index contributed by atoms with van der Waals surface area (Å²) in [5, 5.41) is 11.9. The molecule has 0 fully saturated rings. The summed E-state index contributed by atoms with van der Waals surface area (Å²) in [5.74, 6) is 1.90. The van der Waals surface area contributed by atoms with Crippen molar-refractivity contribution in [1.29, 1.82) is 5.26 Å². The third-order valence-corrected chi connectivity index (χ3v) is 8.96. The molecule has 6 aromatic carbocycles. The summed E-state index contributed by atoms with van der Waals surface area (Å²) in [5.41, 5.74) is 10.3. The second kappa shape index (κ2) is 10.4. The summed E-state index contributed by atoms with van der Waals surface area (Å²) >= 11 is 0. The lowest BCUT2D eigenvalue weighted by Gasteiger charge is -2.23. The van der Waals surface area contributed by atoms with Crippen LogP contribution in [0, 0.1) is 11.3 Å². The van der Waals surface area contributed by atoms with E-state index in [0.29, 0.717) is 23.0 Å². The zero-order valence-electron chi connectivity index (χ0n) is 25.0. The Morgan fingerprint density at radius 2 is 1.07 bits per heavy atom. The molecule has 8 rings (SSSR count). The molecule has 0 radical (unpaired) electrons. The first-order valence-electron chi connectivity index (χ1n) is 15.1. The lowest BCUT2D eigenvalue weighted by Crippen LogP contribution is -2.15. The largest absolute Gasteiger partial charge is 0.208 e. The first-order valence-corrected chi connectivity index (χ1v) is 15.1.